The summed E-state index contributed by atoms with van der Waals surface area (Å²) >= 11 is 5.68. The monoisotopic (exact) mass is 308 g/mol. The number of halogens is 2. The number of aliphatic hydroxyl groups excluding tert-OH is 1. The Morgan fingerprint density at radius 3 is 2.81 bits per heavy atom. The van der Waals surface area contributed by atoms with Crippen molar-refractivity contribution in [3.63, 3.8) is 0 Å². The van der Waals surface area contributed by atoms with E-state index in [0.29, 0.717) is 29.0 Å². The van der Waals surface area contributed by atoms with Crippen molar-refractivity contribution in [3.05, 3.63) is 58.4 Å². The Hall–Kier alpha value is -1.78. The van der Waals surface area contributed by atoms with E-state index >= 15 is 0 Å². The normalized spacial score (nSPS) is 20.6. The van der Waals surface area contributed by atoms with Crippen LogP contribution >= 0.6 is 11.6 Å². The summed E-state index contributed by atoms with van der Waals surface area (Å²) in [5, 5.41) is 10.4. The lowest BCUT2D eigenvalue weighted by Crippen LogP contribution is -2.19. The van der Waals surface area contributed by atoms with Gasteiger partial charge in [-0.1, -0.05) is 17.7 Å². The van der Waals surface area contributed by atoms with E-state index in [1.807, 2.05) is 0 Å². The highest BCUT2D eigenvalue weighted by molar-refractivity contribution is 6.30. The quantitative estimate of drug-likeness (QED) is 0.910. The van der Waals surface area contributed by atoms with Gasteiger partial charge in [0.15, 0.2) is 0 Å². The molecule has 0 aliphatic carbocycles. The predicted molar refractivity (Wildman–Crippen MR) is 77.3 cm³/mol. The molecular formula is C16H14ClFO3. The summed E-state index contributed by atoms with van der Waals surface area (Å²) in [4.78, 5) is 0. The van der Waals surface area contributed by atoms with Gasteiger partial charge in [-0.3, -0.25) is 0 Å². The second-order valence-corrected chi connectivity index (χ2v) is 5.34. The number of hydrogen-bond acceptors (Lipinski definition) is 3. The van der Waals surface area contributed by atoms with Crippen molar-refractivity contribution in [1.29, 1.82) is 0 Å². The topological polar surface area (TPSA) is 38.7 Å². The maximum absolute atomic E-state index is 13.6. The highest BCUT2D eigenvalue weighted by Gasteiger charge is 2.28. The number of hydrogen-bond donors (Lipinski definition) is 1. The lowest BCUT2D eigenvalue weighted by Gasteiger charge is -2.30. The molecule has 2 aromatic rings. The molecule has 0 radical (unpaired) electrons. The largest absolute Gasteiger partial charge is 0.497 e. The molecule has 2 aromatic carbocycles. The van der Waals surface area contributed by atoms with E-state index in [0.717, 1.165) is 0 Å². The van der Waals surface area contributed by atoms with E-state index in [-0.39, 0.29) is 5.02 Å². The maximum atomic E-state index is 13.6. The third kappa shape index (κ3) is 2.69. The summed E-state index contributed by atoms with van der Waals surface area (Å²) in [5.74, 6) is 0.745. The SMILES string of the molecule is COc1ccc2c(c1)[C@H](O)CC(c1ccc(Cl)c(F)c1)O2. The Morgan fingerprint density at radius 2 is 2.10 bits per heavy atom. The third-order valence-electron chi connectivity index (χ3n) is 3.60. The number of rotatable bonds is 2. The lowest BCUT2D eigenvalue weighted by atomic mass is 9.95. The molecule has 21 heavy (non-hydrogen) atoms. The zero-order valence-electron chi connectivity index (χ0n) is 11.3. The summed E-state index contributed by atoms with van der Waals surface area (Å²) < 4.78 is 24.6. The fourth-order valence-corrected chi connectivity index (χ4v) is 2.59. The minimum absolute atomic E-state index is 0.0697. The van der Waals surface area contributed by atoms with Crippen molar-refractivity contribution in [2.45, 2.75) is 18.6 Å². The molecule has 1 aliphatic heterocycles. The molecule has 0 spiro atoms. The average molecular weight is 309 g/mol. The molecule has 0 amide bonds. The van der Waals surface area contributed by atoms with Crippen LogP contribution in [0.5, 0.6) is 11.5 Å². The van der Waals surface area contributed by atoms with E-state index in [1.54, 1.807) is 31.4 Å². The molecule has 110 valence electrons. The Morgan fingerprint density at radius 1 is 1.29 bits per heavy atom. The smallest absolute Gasteiger partial charge is 0.142 e. The van der Waals surface area contributed by atoms with Crippen LogP contribution in [-0.2, 0) is 0 Å². The minimum Gasteiger partial charge on any atom is -0.497 e. The van der Waals surface area contributed by atoms with Gasteiger partial charge in [0.25, 0.3) is 0 Å². The van der Waals surface area contributed by atoms with Gasteiger partial charge in [-0.2, -0.15) is 0 Å². The van der Waals surface area contributed by atoms with E-state index < -0.39 is 18.0 Å². The number of fused-ring (bicyclic) bond motifs is 1. The van der Waals surface area contributed by atoms with Crippen molar-refractivity contribution in [2.24, 2.45) is 0 Å². The Labute approximate surface area is 126 Å². The molecular weight excluding hydrogens is 295 g/mol. The standard InChI is InChI=1S/C16H14ClFO3/c1-20-10-3-5-15-11(7-10)14(19)8-16(21-15)9-2-4-12(17)13(18)6-9/h2-7,14,16,19H,8H2,1H3/t14-,16?/m1/s1. The van der Waals surface area contributed by atoms with Crippen LogP contribution < -0.4 is 9.47 Å². The molecule has 5 heteroatoms. The van der Waals surface area contributed by atoms with Crippen molar-refractivity contribution in [1.82, 2.24) is 0 Å². The van der Waals surface area contributed by atoms with Gasteiger partial charge >= 0.3 is 0 Å². The molecule has 0 fully saturated rings. The van der Waals surface area contributed by atoms with Crippen LogP contribution in [0.25, 0.3) is 0 Å². The molecule has 3 nitrogen and oxygen atoms in total. The van der Waals surface area contributed by atoms with Gasteiger partial charge in [-0.25, -0.2) is 4.39 Å². The van der Waals surface area contributed by atoms with Gasteiger partial charge in [-0.15, -0.1) is 0 Å². The molecule has 1 N–H and O–H groups in total. The molecule has 1 aliphatic rings. The van der Waals surface area contributed by atoms with Crippen molar-refractivity contribution in [2.75, 3.05) is 7.11 Å². The van der Waals surface area contributed by atoms with Crippen LogP contribution in [0, 0.1) is 5.82 Å². The van der Waals surface area contributed by atoms with Crippen LogP contribution in [0.4, 0.5) is 4.39 Å². The van der Waals surface area contributed by atoms with Crippen LogP contribution in [0.1, 0.15) is 29.8 Å². The predicted octanol–water partition coefficient (Wildman–Crippen LogP) is 4.04. The van der Waals surface area contributed by atoms with E-state index in [1.165, 1.54) is 12.1 Å². The summed E-state index contributed by atoms with van der Waals surface area (Å²) in [5.41, 5.74) is 1.33. The van der Waals surface area contributed by atoms with Crippen LogP contribution in [0.2, 0.25) is 5.02 Å². The Bertz CT molecular complexity index is 675. The molecule has 0 saturated carbocycles. The third-order valence-corrected chi connectivity index (χ3v) is 3.90. The van der Waals surface area contributed by atoms with Crippen molar-refractivity contribution < 1.29 is 19.0 Å². The van der Waals surface area contributed by atoms with Gasteiger partial charge in [0, 0.05) is 12.0 Å². The maximum Gasteiger partial charge on any atom is 0.142 e. The minimum atomic E-state index is -0.687. The van der Waals surface area contributed by atoms with Gasteiger partial charge in [-0.05, 0) is 35.9 Å². The Balaban J connectivity index is 1.92. The van der Waals surface area contributed by atoms with Gasteiger partial charge in [0.1, 0.15) is 23.4 Å². The number of ether oxygens (including phenoxy) is 2. The molecule has 0 bridgehead atoms. The number of aliphatic hydroxyl groups is 1. The van der Waals surface area contributed by atoms with Crippen LogP contribution in [0.15, 0.2) is 36.4 Å². The Kier molecular flexibility index (Phi) is 3.74. The highest BCUT2D eigenvalue weighted by atomic mass is 35.5. The first-order chi connectivity index (χ1) is 10.1. The first-order valence-electron chi connectivity index (χ1n) is 6.56. The number of methoxy groups -OCH3 is 1. The molecule has 2 atom stereocenters. The summed E-state index contributed by atoms with van der Waals surface area (Å²) in [6.45, 7) is 0. The summed E-state index contributed by atoms with van der Waals surface area (Å²) in [6, 6.07) is 9.79. The average Bonchev–Trinajstić information content (AvgIpc) is 2.49. The van der Waals surface area contributed by atoms with Crippen LogP contribution in [0.3, 0.4) is 0 Å². The first-order valence-corrected chi connectivity index (χ1v) is 6.94. The number of benzene rings is 2. The van der Waals surface area contributed by atoms with E-state index in [2.05, 4.69) is 0 Å². The van der Waals surface area contributed by atoms with E-state index in [9.17, 15) is 9.50 Å². The van der Waals surface area contributed by atoms with Gasteiger partial charge < -0.3 is 14.6 Å². The zero-order valence-corrected chi connectivity index (χ0v) is 12.1. The fourth-order valence-electron chi connectivity index (χ4n) is 2.47. The van der Waals surface area contributed by atoms with Crippen LogP contribution in [-0.4, -0.2) is 12.2 Å². The second-order valence-electron chi connectivity index (χ2n) is 4.94. The summed E-state index contributed by atoms with van der Waals surface area (Å²) in [6.07, 6.45) is -0.749. The molecule has 3 rings (SSSR count). The van der Waals surface area contributed by atoms with Crippen molar-refractivity contribution >= 4 is 11.6 Å². The van der Waals surface area contributed by atoms with Crippen molar-refractivity contribution in [3.8, 4) is 11.5 Å². The summed E-state index contributed by atoms with van der Waals surface area (Å²) in [7, 11) is 1.57. The lowest BCUT2D eigenvalue weighted by molar-refractivity contribution is 0.0653. The fraction of sp³-hybridized carbons (Fsp3) is 0.250. The van der Waals surface area contributed by atoms with Gasteiger partial charge in [0.05, 0.1) is 18.2 Å². The highest BCUT2D eigenvalue weighted by Crippen LogP contribution is 2.42. The zero-order chi connectivity index (χ0) is 15.0. The molecule has 0 aromatic heterocycles. The van der Waals surface area contributed by atoms with E-state index in [4.69, 9.17) is 21.1 Å². The second kappa shape index (κ2) is 5.54. The van der Waals surface area contributed by atoms with Gasteiger partial charge in [0.2, 0.25) is 0 Å². The first kappa shape index (κ1) is 14.2. The molecule has 0 saturated heterocycles. The molecule has 1 unspecified atom stereocenters. The molecule has 1 heterocycles.